The monoisotopic (exact) mass is 406 g/mol. The molecule has 0 fully saturated rings. The van der Waals surface area contributed by atoms with Crippen LogP contribution in [0.3, 0.4) is 0 Å². The summed E-state index contributed by atoms with van der Waals surface area (Å²) >= 11 is 11.0. The van der Waals surface area contributed by atoms with Crippen molar-refractivity contribution in [3.05, 3.63) is 68.5 Å². The summed E-state index contributed by atoms with van der Waals surface area (Å²) in [6, 6.07) is 15.4. The number of nitrogens with zero attached hydrogens (tertiary/aromatic N) is 1. The maximum atomic E-state index is 12.3. The van der Waals surface area contributed by atoms with E-state index in [1.54, 1.807) is 0 Å². The standard InChI is InChI=1S/C17H12BrClN2OS/c1-10(11-6-8-12(18)9-7-11)20-21-17(22)16-15(19)13-4-2-3-5-14(13)23-16/h2-9H,1H3,(H,21,22)/b20-10+. The number of halogens is 2. The van der Waals surface area contributed by atoms with Crippen molar-refractivity contribution in [2.75, 3.05) is 0 Å². The van der Waals surface area contributed by atoms with Crippen molar-refractivity contribution in [2.24, 2.45) is 5.10 Å². The maximum absolute atomic E-state index is 12.3. The summed E-state index contributed by atoms with van der Waals surface area (Å²) in [6.45, 7) is 1.84. The third-order valence-electron chi connectivity index (χ3n) is 3.33. The molecule has 1 aromatic heterocycles. The Balaban J connectivity index is 1.81. The topological polar surface area (TPSA) is 41.5 Å². The summed E-state index contributed by atoms with van der Waals surface area (Å²) in [4.78, 5) is 12.8. The summed E-state index contributed by atoms with van der Waals surface area (Å²) in [7, 11) is 0. The van der Waals surface area contributed by atoms with Crippen molar-refractivity contribution in [1.82, 2.24) is 5.43 Å². The van der Waals surface area contributed by atoms with E-state index in [9.17, 15) is 4.79 Å². The lowest BCUT2D eigenvalue weighted by molar-refractivity contribution is 0.0959. The summed E-state index contributed by atoms with van der Waals surface area (Å²) in [5.74, 6) is -0.298. The van der Waals surface area contributed by atoms with Gasteiger partial charge in [0.15, 0.2) is 0 Å². The van der Waals surface area contributed by atoms with Crippen molar-refractivity contribution in [3.63, 3.8) is 0 Å². The van der Waals surface area contributed by atoms with Crippen molar-refractivity contribution in [1.29, 1.82) is 0 Å². The summed E-state index contributed by atoms with van der Waals surface area (Å²) in [6.07, 6.45) is 0. The van der Waals surface area contributed by atoms with Crippen LogP contribution in [0, 0.1) is 0 Å². The van der Waals surface area contributed by atoms with E-state index >= 15 is 0 Å². The van der Waals surface area contributed by atoms with Crippen molar-refractivity contribution in [3.8, 4) is 0 Å². The van der Waals surface area contributed by atoms with Crippen molar-refractivity contribution in [2.45, 2.75) is 6.92 Å². The molecule has 3 nitrogen and oxygen atoms in total. The minimum Gasteiger partial charge on any atom is -0.266 e. The third-order valence-corrected chi connectivity index (χ3v) is 5.53. The molecule has 0 spiro atoms. The second-order valence-corrected chi connectivity index (χ2v) is 7.23. The average molecular weight is 408 g/mol. The zero-order valence-electron chi connectivity index (χ0n) is 12.1. The number of hydrogen-bond acceptors (Lipinski definition) is 3. The minimum absolute atomic E-state index is 0.298. The maximum Gasteiger partial charge on any atom is 0.283 e. The van der Waals surface area contributed by atoms with E-state index in [1.807, 2.05) is 55.5 Å². The van der Waals surface area contributed by atoms with Gasteiger partial charge in [0.2, 0.25) is 0 Å². The zero-order chi connectivity index (χ0) is 16.4. The SMILES string of the molecule is C/C(=N\NC(=O)c1sc2ccccc2c1Cl)c1ccc(Br)cc1. The Labute approximate surface area is 151 Å². The number of carbonyl (C=O) groups excluding carboxylic acids is 1. The predicted molar refractivity (Wildman–Crippen MR) is 101 cm³/mol. The van der Waals surface area contributed by atoms with Gasteiger partial charge >= 0.3 is 0 Å². The molecule has 1 N–H and O–H groups in total. The lowest BCUT2D eigenvalue weighted by atomic mass is 10.1. The molecule has 0 radical (unpaired) electrons. The number of carbonyl (C=O) groups is 1. The molecule has 0 atom stereocenters. The third kappa shape index (κ3) is 3.47. The Bertz CT molecular complexity index is 903. The number of benzene rings is 2. The Kier molecular flexibility index (Phi) is 4.80. The van der Waals surface area contributed by atoms with E-state index in [0.29, 0.717) is 9.90 Å². The Morgan fingerprint density at radius 1 is 1.17 bits per heavy atom. The van der Waals surface area contributed by atoms with Crippen LogP contribution in [0.25, 0.3) is 10.1 Å². The first kappa shape index (κ1) is 16.2. The highest BCUT2D eigenvalue weighted by Crippen LogP contribution is 2.34. The van der Waals surface area contributed by atoms with Gasteiger partial charge in [-0.25, -0.2) is 5.43 Å². The van der Waals surface area contributed by atoms with E-state index in [-0.39, 0.29) is 5.91 Å². The highest BCUT2D eigenvalue weighted by atomic mass is 79.9. The molecule has 0 unspecified atom stereocenters. The van der Waals surface area contributed by atoms with Gasteiger partial charge in [0.25, 0.3) is 5.91 Å². The number of hydrogen-bond donors (Lipinski definition) is 1. The number of hydrazone groups is 1. The molecule has 3 rings (SSSR count). The molecule has 0 aliphatic carbocycles. The average Bonchev–Trinajstić information content (AvgIpc) is 2.90. The first-order chi connectivity index (χ1) is 11.1. The summed E-state index contributed by atoms with van der Waals surface area (Å²) in [5, 5.41) is 5.52. The van der Waals surface area contributed by atoms with Crippen LogP contribution < -0.4 is 5.43 Å². The molecule has 0 saturated heterocycles. The molecule has 0 aliphatic rings. The number of rotatable bonds is 3. The largest absolute Gasteiger partial charge is 0.283 e. The van der Waals surface area contributed by atoms with Crippen LogP contribution in [0.15, 0.2) is 58.1 Å². The normalized spacial score (nSPS) is 11.7. The van der Waals surface area contributed by atoms with E-state index in [1.165, 1.54) is 11.3 Å². The van der Waals surface area contributed by atoms with Crippen molar-refractivity contribution < 1.29 is 4.79 Å². The summed E-state index contributed by atoms with van der Waals surface area (Å²) < 4.78 is 1.98. The lowest BCUT2D eigenvalue weighted by Crippen LogP contribution is -2.18. The lowest BCUT2D eigenvalue weighted by Gasteiger charge is -2.02. The van der Waals surface area contributed by atoms with Gasteiger partial charge in [-0.05, 0) is 30.7 Å². The molecule has 1 heterocycles. The van der Waals surface area contributed by atoms with Gasteiger partial charge in [-0.2, -0.15) is 5.10 Å². The van der Waals surface area contributed by atoms with E-state index in [4.69, 9.17) is 11.6 Å². The Morgan fingerprint density at radius 3 is 2.57 bits per heavy atom. The molecule has 0 saturated carbocycles. The fourth-order valence-electron chi connectivity index (χ4n) is 2.10. The smallest absolute Gasteiger partial charge is 0.266 e. The van der Waals surface area contributed by atoms with Gasteiger partial charge in [0, 0.05) is 14.6 Å². The first-order valence-corrected chi connectivity index (χ1v) is 8.82. The highest BCUT2D eigenvalue weighted by Gasteiger charge is 2.16. The number of amides is 1. The van der Waals surface area contributed by atoms with Gasteiger partial charge in [-0.15, -0.1) is 11.3 Å². The van der Waals surface area contributed by atoms with Crippen LogP contribution in [-0.2, 0) is 0 Å². The fraction of sp³-hybridized carbons (Fsp3) is 0.0588. The second kappa shape index (κ2) is 6.83. The molecule has 1 amide bonds. The Morgan fingerprint density at radius 2 is 1.87 bits per heavy atom. The highest BCUT2D eigenvalue weighted by molar-refractivity contribution is 9.10. The van der Waals surface area contributed by atoms with Crippen LogP contribution in [0.2, 0.25) is 5.02 Å². The van der Waals surface area contributed by atoms with Gasteiger partial charge < -0.3 is 0 Å². The molecular formula is C17H12BrClN2OS. The van der Waals surface area contributed by atoms with E-state index in [2.05, 4.69) is 26.5 Å². The number of fused-ring (bicyclic) bond motifs is 1. The molecule has 3 aromatic rings. The van der Waals surface area contributed by atoms with E-state index < -0.39 is 0 Å². The van der Waals surface area contributed by atoms with Gasteiger partial charge in [-0.3, -0.25) is 4.79 Å². The number of nitrogens with one attached hydrogen (secondary N) is 1. The van der Waals surface area contributed by atoms with Crippen LogP contribution in [-0.4, -0.2) is 11.6 Å². The van der Waals surface area contributed by atoms with Gasteiger partial charge in [0.1, 0.15) is 4.88 Å². The molecular weight excluding hydrogens is 396 g/mol. The minimum atomic E-state index is -0.298. The first-order valence-electron chi connectivity index (χ1n) is 6.84. The molecule has 2 aromatic carbocycles. The number of thiophene rings is 1. The fourth-order valence-corrected chi connectivity index (χ4v) is 3.77. The second-order valence-electron chi connectivity index (χ2n) is 4.89. The summed E-state index contributed by atoms with van der Waals surface area (Å²) in [5.41, 5.74) is 4.24. The van der Waals surface area contributed by atoms with Crippen LogP contribution in [0.4, 0.5) is 0 Å². The zero-order valence-corrected chi connectivity index (χ0v) is 15.3. The molecule has 0 bridgehead atoms. The quantitative estimate of drug-likeness (QED) is 0.454. The van der Waals surface area contributed by atoms with Crippen LogP contribution >= 0.6 is 38.9 Å². The molecule has 116 valence electrons. The molecule has 23 heavy (non-hydrogen) atoms. The van der Waals surface area contributed by atoms with Crippen LogP contribution in [0.1, 0.15) is 22.2 Å². The molecule has 0 aliphatic heterocycles. The van der Waals surface area contributed by atoms with Crippen LogP contribution in [0.5, 0.6) is 0 Å². The van der Waals surface area contributed by atoms with Crippen molar-refractivity contribution >= 4 is 60.6 Å². The van der Waals surface area contributed by atoms with E-state index in [0.717, 1.165) is 25.8 Å². The Hall–Kier alpha value is -1.69. The predicted octanol–water partition coefficient (Wildman–Crippen LogP) is 5.47. The molecule has 6 heteroatoms. The van der Waals surface area contributed by atoms with Gasteiger partial charge in [0.05, 0.1) is 10.7 Å². The van der Waals surface area contributed by atoms with Gasteiger partial charge in [-0.1, -0.05) is 57.9 Å².